The van der Waals surface area contributed by atoms with E-state index in [1.165, 1.54) is 16.4 Å². The van der Waals surface area contributed by atoms with E-state index < -0.39 is 28.5 Å². The average molecular weight is 564 g/mol. The SMILES string of the molecule is CCCCNC(=O)[C@H](CC)N(CCc1ccccc1)C(=O)CN(c1cc(C)ccc1C)S(=O)(=O)c1ccccc1. The Balaban J connectivity index is 2.01. The molecule has 7 nitrogen and oxygen atoms in total. The van der Waals surface area contributed by atoms with Crippen LogP contribution in [-0.4, -0.2) is 50.8 Å². The Bertz CT molecular complexity index is 1360. The summed E-state index contributed by atoms with van der Waals surface area (Å²) in [6.07, 6.45) is 2.74. The van der Waals surface area contributed by atoms with E-state index in [-0.39, 0.29) is 17.3 Å². The molecule has 1 atom stereocenters. The molecular formula is C32H41N3O4S. The summed E-state index contributed by atoms with van der Waals surface area (Å²) < 4.78 is 29.1. The third kappa shape index (κ3) is 7.94. The number of rotatable bonds is 14. The molecule has 3 rings (SSSR count). The maximum Gasteiger partial charge on any atom is 0.264 e. The first-order chi connectivity index (χ1) is 19.2. The van der Waals surface area contributed by atoms with E-state index in [0.717, 1.165) is 29.5 Å². The van der Waals surface area contributed by atoms with E-state index in [1.54, 1.807) is 29.2 Å². The van der Waals surface area contributed by atoms with E-state index in [9.17, 15) is 18.0 Å². The highest BCUT2D eigenvalue weighted by Gasteiger charge is 2.33. The maximum absolute atomic E-state index is 14.1. The van der Waals surface area contributed by atoms with Crippen LogP contribution in [0.25, 0.3) is 0 Å². The minimum absolute atomic E-state index is 0.101. The number of hydrogen-bond acceptors (Lipinski definition) is 4. The van der Waals surface area contributed by atoms with Crippen molar-refractivity contribution in [2.45, 2.75) is 64.3 Å². The second kappa shape index (κ2) is 14.7. The third-order valence-corrected chi connectivity index (χ3v) is 8.72. The molecule has 0 radical (unpaired) electrons. The number of nitrogens with one attached hydrogen (secondary N) is 1. The van der Waals surface area contributed by atoms with E-state index in [0.29, 0.717) is 25.1 Å². The molecule has 0 fully saturated rings. The van der Waals surface area contributed by atoms with Crippen molar-refractivity contribution < 1.29 is 18.0 Å². The Morgan fingerprint density at radius 2 is 1.55 bits per heavy atom. The molecule has 0 saturated carbocycles. The predicted molar refractivity (Wildman–Crippen MR) is 161 cm³/mol. The number of carbonyl (C=O) groups is 2. The summed E-state index contributed by atoms with van der Waals surface area (Å²) in [5.74, 6) is -0.643. The Kier molecular flexibility index (Phi) is 11.3. The van der Waals surface area contributed by atoms with Crippen molar-refractivity contribution in [3.8, 4) is 0 Å². The number of carbonyl (C=O) groups excluding carboxylic acids is 2. The summed E-state index contributed by atoms with van der Waals surface area (Å²) in [6, 6.07) is 22.7. The lowest BCUT2D eigenvalue weighted by atomic mass is 10.1. The molecule has 0 aliphatic heterocycles. The fourth-order valence-electron chi connectivity index (χ4n) is 4.62. The highest BCUT2D eigenvalue weighted by atomic mass is 32.2. The predicted octanol–water partition coefficient (Wildman–Crippen LogP) is 5.26. The summed E-state index contributed by atoms with van der Waals surface area (Å²) in [6.45, 7) is 8.03. The first-order valence-corrected chi connectivity index (χ1v) is 15.4. The topological polar surface area (TPSA) is 86.8 Å². The lowest BCUT2D eigenvalue weighted by Gasteiger charge is -2.33. The van der Waals surface area contributed by atoms with Crippen molar-refractivity contribution in [1.29, 1.82) is 0 Å². The Hall–Kier alpha value is -3.65. The van der Waals surface area contributed by atoms with Gasteiger partial charge in [0, 0.05) is 13.1 Å². The number of anilines is 1. The summed E-state index contributed by atoms with van der Waals surface area (Å²) in [4.78, 5) is 29.0. The number of amides is 2. The van der Waals surface area contributed by atoms with Gasteiger partial charge in [-0.3, -0.25) is 13.9 Å². The van der Waals surface area contributed by atoms with Crippen LogP contribution in [0.3, 0.4) is 0 Å². The molecule has 0 spiro atoms. The van der Waals surface area contributed by atoms with E-state index in [2.05, 4.69) is 5.32 Å². The first kappa shape index (κ1) is 30.9. The molecule has 1 N–H and O–H groups in total. The van der Waals surface area contributed by atoms with Crippen molar-refractivity contribution in [3.05, 3.63) is 95.6 Å². The molecule has 0 bridgehead atoms. The molecule has 0 aliphatic rings. The van der Waals surface area contributed by atoms with Crippen molar-refractivity contribution in [2.75, 3.05) is 23.9 Å². The van der Waals surface area contributed by atoms with Crippen molar-refractivity contribution in [3.63, 3.8) is 0 Å². The molecule has 40 heavy (non-hydrogen) atoms. The highest BCUT2D eigenvalue weighted by molar-refractivity contribution is 7.92. The molecule has 0 heterocycles. The number of unbranched alkanes of at least 4 members (excludes halogenated alkanes) is 1. The van der Waals surface area contributed by atoms with Gasteiger partial charge in [0.15, 0.2) is 0 Å². The molecule has 0 aromatic heterocycles. The van der Waals surface area contributed by atoms with Gasteiger partial charge in [-0.05, 0) is 68.0 Å². The number of benzene rings is 3. The van der Waals surface area contributed by atoms with Gasteiger partial charge in [0.25, 0.3) is 10.0 Å². The van der Waals surface area contributed by atoms with Gasteiger partial charge in [-0.2, -0.15) is 0 Å². The molecule has 214 valence electrons. The minimum atomic E-state index is -4.07. The summed E-state index contributed by atoms with van der Waals surface area (Å²) >= 11 is 0. The zero-order valence-corrected chi connectivity index (χ0v) is 24.8. The summed E-state index contributed by atoms with van der Waals surface area (Å²) in [5.41, 5.74) is 3.09. The van der Waals surface area contributed by atoms with Crippen LogP contribution in [0.4, 0.5) is 5.69 Å². The van der Waals surface area contributed by atoms with Crippen LogP contribution in [0.2, 0.25) is 0 Å². The molecule has 2 amide bonds. The van der Waals surface area contributed by atoms with Crippen LogP contribution in [0, 0.1) is 13.8 Å². The Morgan fingerprint density at radius 1 is 0.900 bits per heavy atom. The van der Waals surface area contributed by atoms with Crippen molar-refractivity contribution >= 4 is 27.5 Å². The third-order valence-electron chi connectivity index (χ3n) is 6.94. The average Bonchev–Trinajstić information content (AvgIpc) is 2.96. The monoisotopic (exact) mass is 563 g/mol. The molecule has 0 saturated heterocycles. The van der Waals surface area contributed by atoms with Crippen LogP contribution in [-0.2, 0) is 26.0 Å². The van der Waals surface area contributed by atoms with Gasteiger partial charge >= 0.3 is 0 Å². The van der Waals surface area contributed by atoms with Gasteiger partial charge in [0.2, 0.25) is 11.8 Å². The molecular weight excluding hydrogens is 522 g/mol. The molecule has 8 heteroatoms. The van der Waals surface area contributed by atoms with Gasteiger partial charge in [-0.15, -0.1) is 0 Å². The number of nitrogens with zero attached hydrogens (tertiary/aromatic N) is 2. The van der Waals surface area contributed by atoms with E-state index in [1.807, 2.05) is 70.2 Å². The van der Waals surface area contributed by atoms with Gasteiger partial charge in [0.05, 0.1) is 10.6 Å². The van der Waals surface area contributed by atoms with Crippen molar-refractivity contribution in [2.24, 2.45) is 0 Å². The second-order valence-corrected chi connectivity index (χ2v) is 11.9. The normalized spacial score (nSPS) is 12.0. The van der Waals surface area contributed by atoms with Gasteiger partial charge < -0.3 is 10.2 Å². The van der Waals surface area contributed by atoms with Gasteiger partial charge in [-0.25, -0.2) is 8.42 Å². The fourth-order valence-corrected chi connectivity index (χ4v) is 6.11. The van der Waals surface area contributed by atoms with Crippen LogP contribution >= 0.6 is 0 Å². The summed E-state index contributed by atoms with van der Waals surface area (Å²) in [7, 11) is -4.07. The molecule has 3 aromatic carbocycles. The molecule has 3 aromatic rings. The standard InChI is InChI=1S/C32H41N3O4S/c1-5-7-21-33-32(37)29(6-2)34(22-20-27-14-10-8-11-15-27)31(36)24-35(30-23-25(3)18-19-26(30)4)40(38,39)28-16-12-9-13-17-28/h8-19,23,29H,5-7,20-22,24H2,1-4H3,(H,33,37)/t29-/m0/s1. The van der Waals surface area contributed by atoms with Crippen molar-refractivity contribution in [1.82, 2.24) is 10.2 Å². The fraction of sp³-hybridized carbons (Fsp3) is 0.375. The Labute approximate surface area is 239 Å². The van der Waals surface area contributed by atoms with Gasteiger partial charge in [0.1, 0.15) is 12.6 Å². The smallest absolute Gasteiger partial charge is 0.264 e. The molecule has 0 aliphatic carbocycles. The number of sulfonamides is 1. The second-order valence-electron chi connectivity index (χ2n) is 10.0. The summed E-state index contributed by atoms with van der Waals surface area (Å²) in [5, 5.41) is 2.96. The minimum Gasteiger partial charge on any atom is -0.354 e. The van der Waals surface area contributed by atoms with Crippen LogP contribution in [0.1, 0.15) is 49.8 Å². The zero-order chi connectivity index (χ0) is 29.1. The highest BCUT2D eigenvalue weighted by Crippen LogP contribution is 2.28. The number of hydrogen-bond donors (Lipinski definition) is 1. The quantitative estimate of drug-likeness (QED) is 0.271. The van der Waals surface area contributed by atoms with Crippen LogP contribution in [0.5, 0.6) is 0 Å². The van der Waals surface area contributed by atoms with Gasteiger partial charge in [-0.1, -0.05) is 80.9 Å². The Morgan fingerprint density at radius 3 is 2.17 bits per heavy atom. The lowest BCUT2D eigenvalue weighted by Crippen LogP contribution is -2.53. The van der Waals surface area contributed by atoms with Crippen LogP contribution < -0.4 is 9.62 Å². The maximum atomic E-state index is 14.1. The molecule has 0 unspecified atom stereocenters. The van der Waals surface area contributed by atoms with Crippen LogP contribution in [0.15, 0.2) is 83.8 Å². The largest absolute Gasteiger partial charge is 0.354 e. The van der Waals surface area contributed by atoms with E-state index >= 15 is 0 Å². The number of aryl methyl sites for hydroxylation is 2. The van der Waals surface area contributed by atoms with E-state index in [4.69, 9.17) is 0 Å². The zero-order valence-electron chi connectivity index (χ0n) is 24.0. The lowest BCUT2D eigenvalue weighted by molar-refractivity contribution is -0.139. The first-order valence-electron chi connectivity index (χ1n) is 13.9.